The number of nitrogens with zero attached hydrogens (tertiary/aromatic N) is 1. The second-order valence-corrected chi connectivity index (χ2v) is 10.6. The molecule has 0 aliphatic carbocycles. The number of isocyanates is 1. The highest BCUT2D eigenvalue weighted by atomic mass is 28.4. The van der Waals surface area contributed by atoms with Gasteiger partial charge in [0.2, 0.25) is 6.08 Å². The standard InChI is InChI=1S/C14H21NO3Si/c1-14(2,3)19(5,6)18-13-9-11(15-10-16)7-8-12(13)17-4/h7-9H,1-6H3. The molecule has 0 spiro atoms. The van der Waals surface area contributed by atoms with Gasteiger partial charge >= 0.3 is 0 Å². The zero-order valence-corrected chi connectivity index (χ0v) is 13.4. The second kappa shape index (κ2) is 5.59. The van der Waals surface area contributed by atoms with E-state index in [4.69, 9.17) is 9.16 Å². The van der Waals surface area contributed by atoms with Crippen LogP contribution in [0.15, 0.2) is 23.2 Å². The maximum atomic E-state index is 10.3. The van der Waals surface area contributed by atoms with Gasteiger partial charge in [0.1, 0.15) is 5.75 Å². The lowest BCUT2D eigenvalue weighted by atomic mass is 10.2. The Hall–Kier alpha value is -1.58. The highest BCUT2D eigenvalue weighted by Crippen LogP contribution is 2.41. The largest absolute Gasteiger partial charge is 0.541 e. The number of aliphatic imine (C=N–C) groups is 1. The Morgan fingerprint density at radius 1 is 1.21 bits per heavy atom. The van der Waals surface area contributed by atoms with Crippen molar-refractivity contribution in [2.75, 3.05) is 7.11 Å². The summed E-state index contributed by atoms with van der Waals surface area (Å²) < 4.78 is 11.5. The second-order valence-electron chi connectivity index (χ2n) is 5.90. The van der Waals surface area contributed by atoms with Gasteiger partial charge in [0.25, 0.3) is 8.32 Å². The van der Waals surface area contributed by atoms with Crippen molar-refractivity contribution >= 4 is 20.1 Å². The third kappa shape index (κ3) is 3.69. The van der Waals surface area contributed by atoms with E-state index in [0.29, 0.717) is 17.2 Å². The molecule has 19 heavy (non-hydrogen) atoms. The minimum Gasteiger partial charge on any atom is -0.541 e. The summed E-state index contributed by atoms with van der Waals surface area (Å²) in [5, 5.41) is 0.0853. The molecule has 104 valence electrons. The predicted molar refractivity (Wildman–Crippen MR) is 78.6 cm³/mol. The molecule has 0 heterocycles. The van der Waals surface area contributed by atoms with Crippen molar-refractivity contribution in [3.8, 4) is 11.5 Å². The van der Waals surface area contributed by atoms with Gasteiger partial charge in [0.05, 0.1) is 12.8 Å². The molecule has 0 N–H and O–H groups in total. The molecule has 0 saturated heterocycles. The highest BCUT2D eigenvalue weighted by molar-refractivity contribution is 6.74. The molecule has 0 bridgehead atoms. The Labute approximate surface area is 115 Å². The number of benzene rings is 1. The molecular weight excluding hydrogens is 258 g/mol. The van der Waals surface area contributed by atoms with Crippen LogP contribution in [-0.4, -0.2) is 21.5 Å². The first kappa shape index (κ1) is 15.5. The third-order valence-electron chi connectivity index (χ3n) is 3.49. The molecule has 0 aromatic heterocycles. The number of carbonyl (C=O) groups excluding carboxylic acids is 1. The fourth-order valence-corrected chi connectivity index (χ4v) is 2.31. The van der Waals surface area contributed by atoms with Gasteiger partial charge < -0.3 is 9.16 Å². The van der Waals surface area contributed by atoms with Gasteiger partial charge in [0, 0.05) is 6.07 Å². The SMILES string of the molecule is COc1ccc(N=C=O)cc1O[Si](C)(C)C(C)(C)C. The van der Waals surface area contributed by atoms with Crippen molar-refractivity contribution in [2.45, 2.75) is 38.9 Å². The number of methoxy groups -OCH3 is 1. The lowest BCUT2D eigenvalue weighted by Gasteiger charge is -2.36. The minimum atomic E-state index is -1.96. The molecule has 5 heteroatoms. The van der Waals surface area contributed by atoms with E-state index in [0.717, 1.165) is 0 Å². The summed E-state index contributed by atoms with van der Waals surface area (Å²) >= 11 is 0. The summed E-state index contributed by atoms with van der Waals surface area (Å²) in [6.45, 7) is 10.8. The van der Waals surface area contributed by atoms with Crippen LogP contribution in [0.1, 0.15) is 20.8 Å². The lowest BCUT2D eigenvalue weighted by Crippen LogP contribution is -2.43. The van der Waals surface area contributed by atoms with E-state index in [2.05, 4.69) is 38.9 Å². The molecule has 0 fully saturated rings. The van der Waals surface area contributed by atoms with Crippen molar-refractivity contribution in [1.82, 2.24) is 0 Å². The Balaban J connectivity index is 3.18. The average molecular weight is 279 g/mol. The van der Waals surface area contributed by atoms with Gasteiger partial charge in [-0.3, -0.25) is 0 Å². The lowest BCUT2D eigenvalue weighted by molar-refractivity contribution is 0.386. The Morgan fingerprint density at radius 2 is 1.84 bits per heavy atom. The highest BCUT2D eigenvalue weighted by Gasteiger charge is 2.39. The summed E-state index contributed by atoms with van der Waals surface area (Å²) in [6.07, 6.45) is 1.53. The first-order valence-electron chi connectivity index (χ1n) is 6.16. The average Bonchev–Trinajstić information content (AvgIpc) is 2.28. The first-order valence-corrected chi connectivity index (χ1v) is 9.07. The van der Waals surface area contributed by atoms with Crippen LogP contribution < -0.4 is 9.16 Å². The maximum absolute atomic E-state index is 10.3. The summed E-state index contributed by atoms with van der Waals surface area (Å²) in [5.41, 5.74) is 0.518. The van der Waals surface area contributed by atoms with E-state index < -0.39 is 8.32 Å². The van der Waals surface area contributed by atoms with Crippen LogP contribution in [0.4, 0.5) is 5.69 Å². The summed E-state index contributed by atoms with van der Waals surface area (Å²) in [6, 6.07) is 5.16. The van der Waals surface area contributed by atoms with Gasteiger partial charge in [-0.25, -0.2) is 4.79 Å². The molecule has 0 aliphatic rings. The topological polar surface area (TPSA) is 47.9 Å². The molecule has 1 aromatic carbocycles. The molecule has 0 radical (unpaired) electrons. The van der Waals surface area contributed by atoms with E-state index in [1.54, 1.807) is 25.3 Å². The number of hydrogen-bond donors (Lipinski definition) is 0. The van der Waals surface area contributed by atoms with Crippen molar-refractivity contribution < 1.29 is 14.0 Å². The van der Waals surface area contributed by atoms with Gasteiger partial charge in [-0.2, -0.15) is 4.99 Å². The van der Waals surface area contributed by atoms with Crippen molar-refractivity contribution in [2.24, 2.45) is 4.99 Å². The zero-order chi connectivity index (χ0) is 14.7. The van der Waals surface area contributed by atoms with Crippen molar-refractivity contribution in [3.05, 3.63) is 18.2 Å². The Bertz CT molecular complexity index is 500. The van der Waals surface area contributed by atoms with Gasteiger partial charge in [-0.1, -0.05) is 20.8 Å². The fourth-order valence-electron chi connectivity index (χ4n) is 1.30. The van der Waals surface area contributed by atoms with Gasteiger partial charge in [0.15, 0.2) is 5.75 Å². The fraction of sp³-hybridized carbons (Fsp3) is 0.500. The van der Waals surface area contributed by atoms with Gasteiger partial charge in [-0.15, -0.1) is 0 Å². The summed E-state index contributed by atoms with van der Waals surface area (Å²) in [4.78, 5) is 13.9. The van der Waals surface area contributed by atoms with Crippen LogP contribution in [0, 0.1) is 0 Å². The van der Waals surface area contributed by atoms with E-state index >= 15 is 0 Å². The molecule has 0 aliphatic heterocycles. The maximum Gasteiger partial charge on any atom is 0.250 e. The minimum absolute atomic E-state index is 0.0853. The van der Waals surface area contributed by atoms with E-state index in [9.17, 15) is 4.79 Å². The Morgan fingerprint density at radius 3 is 2.32 bits per heavy atom. The van der Waals surface area contributed by atoms with Crippen LogP contribution in [0.25, 0.3) is 0 Å². The van der Waals surface area contributed by atoms with Crippen LogP contribution in [0.3, 0.4) is 0 Å². The molecule has 1 aromatic rings. The molecule has 0 unspecified atom stereocenters. The quantitative estimate of drug-likeness (QED) is 0.474. The molecule has 0 amide bonds. The molecule has 4 nitrogen and oxygen atoms in total. The first-order chi connectivity index (χ1) is 8.71. The van der Waals surface area contributed by atoms with E-state index in [1.807, 2.05) is 0 Å². The van der Waals surface area contributed by atoms with E-state index in [-0.39, 0.29) is 5.04 Å². The summed E-state index contributed by atoms with van der Waals surface area (Å²) in [7, 11) is -0.366. The zero-order valence-electron chi connectivity index (χ0n) is 12.4. The Kier molecular flexibility index (Phi) is 4.55. The third-order valence-corrected chi connectivity index (χ3v) is 7.84. The normalized spacial score (nSPS) is 11.7. The number of ether oxygens (including phenoxy) is 1. The van der Waals surface area contributed by atoms with Crippen LogP contribution >= 0.6 is 0 Å². The predicted octanol–water partition coefficient (Wildman–Crippen LogP) is 4.05. The summed E-state index contributed by atoms with van der Waals surface area (Å²) in [5.74, 6) is 1.28. The number of hydrogen-bond acceptors (Lipinski definition) is 4. The van der Waals surface area contributed by atoms with Crippen LogP contribution in [0.5, 0.6) is 11.5 Å². The van der Waals surface area contributed by atoms with Crippen LogP contribution in [0.2, 0.25) is 18.1 Å². The molecule has 0 saturated carbocycles. The van der Waals surface area contributed by atoms with Crippen molar-refractivity contribution in [1.29, 1.82) is 0 Å². The van der Waals surface area contributed by atoms with Crippen molar-refractivity contribution in [3.63, 3.8) is 0 Å². The smallest absolute Gasteiger partial charge is 0.250 e. The monoisotopic (exact) mass is 279 g/mol. The van der Waals surface area contributed by atoms with Gasteiger partial charge in [-0.05, 0) is 30.3 Å². The van der Waals surface area contributed by atoms with E-state index in [1.165, 1.54) is 6.08 Å². The molecule has 0 atom stereocenters. The number of rotatable bonds is 4. The molecule has 1 rings (SSSR count). The molecular formula is C14H21NO3Si. The van der Waals surface area contributed by atoms with Crippen LogP contribution in [-0.2, 0) is 4.79 Å².